The molecule has 0 saturated heterocycles. The van der Waals surface area contributed by atoms with E-state index in [1.54, 1.807) is 31.1 Å². The zero-order chi connectivity index (χ0) is 21.1. The Hall–Kier alpha value is -2.83. The number of nitrogens with one attached hydrogen (secondary N) is 1. The summed E-state index contributed by atoms with van der Waals surface area (Å²) in [6.07, 6.45) is -4.88. The van der Waals surface area contributed by atoms with E-state index in [1.165, 1.54) is 12.1 Å². The van der Waals surface area contributed by atoms with Crippen LogP contribution in [0.25, 0.3) is 0 Å². The Kier molecular flexibility index (Phi) is 6.48. The number of nitrogens with zero attached hydrogens (tertiary/aromatic N) is 1. The molecule has 4 nitrogen and oxygen atoms in total. The molecule has 1 amide bonds. The van der Waals surface area contributed by atoms with Crippen molar-refractivity contribution in [1.29, 1.82) is 0 Å². The van der Waals surface area contributed by atoms with E-state index in [1.807, 2.05) is 19.9 Å². The highest BCUT2D eigenvalue weighted by atomic mass is 19.4. The number of anilines is 2. The highest BCUT2D eigenvalue weighted by Gasteiger charge is 2.34. The van der Waals surface area contributed by atoms with Crippen LogP contribution in [0.15, 0.2) is 36.4 Å². The van der Waals surface area contributed by atoms with Crippen LogP contribution in [0.3, 0.4) is 0 Å². The van der Waals surface area contributed by atoms with Crippen molar-refractivity contribution >= 4 is 23.1 Å². The Morgan fingerprint density at radius 3 is 2.21 bits per heavy atom. The first-order chi connectivity index (χ1) is 13.0. The summed E-state index contributed by atoms with van der Waals surface area (Å²) >= 11 is 0. The highest BCUT2D eigenvalue weighted by Crippen LogP contribution is 2.37. The fourth-order valence-electron chi connectivity index (χ4n) is 2.65. The predicted octanol–water partition coefficient (Wildman–Crippen LogP) is 4.99. The quantitative estimate of drug-likeness (QED) is 0.705. The number of carbonyl (C=O) groups is 2. The molecule has 0 saturated carbocycles. The number of aryl methyl sites for hydroxylation is 2. The van der Waals surface area contributed by atoms with Crippen molar-refractivity contribution in [3.05, 3.63) is 58.7 Å². The van der Waals surface area contributed by atoms with Gasteiger partial charge in [-0.2, -0.15) is 13.2 Å². The van der Waals surface area contributed by atoms with Crippen molar-refractivity contribution in [2.24, 2.45) is 0 Å². The molecule has 0 aromatic heterocycles. The number of benzene rings is 2. The maximum Gasteiger partial charge on any atom is 0.418 e. The highest BCUT2D eigenvalue weighted by molar-refractivity contribution is 6.00. The maximum atomic E-state index is 13.3. The molecular formula is C21H23F3N2O2. The second kappa shape index (κ2) is 8.46. The van der Waals surface area contributed by atoms with E-state index < -0.39 is 17.6 Å². The summed E-state index contributed by atoms with van der Waals surface area (Å²) in [6, 6.07) is 8.95. The maximum absolute atomic E-state index is 13.3. The van der Waals surface area contributed by atoms with E-state index in [-0.39, 0.29) is 24.3 Å². The molecule has 0 bridgehead atoms. The standard InChI is InChI=1S/C21H23F3N2O2/c1-13-5-6-15(11-14(13)2)19(27)9-10-20(28)25-18-8-7-16(26(3)4)12-17(18)21(22,23)24/h5-8,11-12H,9-10H2,1-4H3,(H,25,28). The van der Waals surface area contributed by atoms with Crippen LogP contribution in [-0.4, -0.2) is 25.8 Å². The van der Waals surface area contributed by atoms with E-state index in [0.29, 0.717) is 11.3 Å². The monoisotopic (exact) mass is 392 g/mol. The lowest BCUT2D eigenvalue weighted by molar-refractivity contribution is -0.136. The molecule has 0 aliphatic heterocycles. The molecular weight excluding hydrogens is 369 g/mol. The summed E-state index contributed by atoms with van der Waals surface area (Å²) in [4.78, 5) is 25.9. The minimum Gasteiger partial charge on any atom is -0.378 e. The van der Waals surface area contributed by atoms with Crippen LogP contribution in [-0.2, 0) is 11.0 Å². The summed E-state index contributed by atoms with van der Waals surface area (Å²) in [5.74, 6) is -0.863. The first kappa shape index (κ1) is 21.5. The lowest BCUT2D eigenvalue weighted by Crippen LogP contribution is -2.18. The molecule has 2 aromatic carbocycles. The molecule has 0 radical (unpaired) electrons. The molecule has 28 heavy (non-hydrogen) atoms. The van der Waals surface area contributed by atoms with Gasteiger partial charge < -0.3 is 10.2 Å². The predicted molar refractivity (Wildman–Crippen MR) is 104 cm³/mol. The molecule has 0 spiro atoms. The van der Waals surface area contributed by atoms with E-state index >= 15 is 0 Å². The number of halogens is 3. The lowest BCUT2D eigenvalue weighted by atomic mass is 10.0. The second-order valence-corrected chi connectivity index (χ2v) is 6.89. The van der Waals surface area contributed by atoms with Gasteiger partial charge >= 0.3 is 6.18 Å². The van der Waals surface area contributed by atoms with Gasteiger partial charge in [-0.05, 0) is 49.2 Å². The van der Waals surface area contributed by atoms with Gasteiger partial charge in [0.25, 0.3) is 0 Å². The number of hydrogen-bond donors (Lipinski definition) is 1. The van der Waals surface area contributed by atoms with Crippen LogP contribution < -0.4 is 10.2 Å². The van der Waals surface area contributed by atoms with Gasteiger partial charge in [0.05, 0.1) is 11.3 Å². The van der Waals surface area contributed by atoms with Gasteiger partial charge in [-0.1, -0.05) is 12.1 Å². The molecule has 2 aromatic rings. The summed E-state index contributed by atoms with van der Waals surface area (Å²) in [6.45, 7) is 3.81. The van der Waals surface area contributed by atoms with E-state index in [4.69, 9.17) is 0 Å². The van der Waals surface area contributed by atoms with Crippen LogP contribution in [0.2, 0.25) is 0 Å². The van der Waals surface area contributed by atoms with Crippen LogP contribution in [0.4, 0.5) is 24.5 Å². The third-order valence-corrected chi connectivity index (χ3v) is 4.51. The zero-order valence-electron chi connectivity index (χ0n) is 16.3. The molecule has 0 aliphatic carbocycles. The van der Waals surface area contributed by atoms with Gasteiger partial charge in [0.2, 0.25) is 5.91 Å². The third kappa shape index (κ3) is 5.34. The molecule has 0 fully saturated rings. The van der Waals surface area contributed by atoms with E-state index in [9.17, 15) is 22.8 Å². The number of Topliss-reactive ketones (excluding diaryl/α,β-unsaturated/α-hetero) is 1. The Morgan fingerprint density at radius 1 is 0.964 bits per heavy atom. The largest absolute Gasteiger partial charge is 0.418 e. The number of ketones is 1. The first-order valence-electron chi connectivity index (χ1n) is 8.78. The Morgan fingerprint density at radius 2 is 1.64 bits per heavy atom. The van der Waals surface area contributed by atoms with Gasteiger partial charge in [0.15, 0.2) is 5.78 Å². The minimum atomic E-state index is -4.61. The van der Waals surface area contributed by atoms with Crippen LogP contribution in [0.5, 0.6) is 0 Å². The Bertz CT molecular complexity index is 890. The molecule has 0 unspecified atom stereocenters. The molecule has 0 aliphatic rings. The van der Waals surface area contributed by atoms with Crippen molar-refractivity contribution in [3.8, 4) is 0 Å². The number of amides is 1. The van der Waals surface area contributed by atoms with Gasteiger partial charge in [0.1, 0.15) is 0 Å². The first-order valence-corrected chi connectivity index (χ1v) is 8.78. The fourth-order valence-corrected chi connectivity index (χ4v) is 2.65. The van der Waals surface area contributed by atoms with Crippen LogP contribution in [0, 0.1) is 13.8 Å². The number of carbonyl (C=O) groups excluding carboxylic acids is 2. The number of alkyl halides is 3. The summed E-state index contributed by atoms with van der Waals surface area (Å²) in [5.41, 5.74) is 1.63. The smallest absolute Gasteiger partial charge is 0.378 e. The topological polar surface area (TPSA) is 49.4 Å². The summed E-state index contributed by atoms with van der Waals surface area (Å²) in [7, 11) is 3.26. The van der Waals surface area contributed by atoms with Crippen molar-refractivity contribution in [1.82, 2.24) is 0 Å². The van der Waals surface area contributed by atoms with Crippen LogP contribution in [0.1, 0.15) is 39.9 Å². The van der Waals surface area contributed by atoms with E-state index in [2.05, 4.69) is 5.32 Å². The van der Waals surface area contributed by atoms with Crippen LogP contribution >= 0.6 is 0 Å². The van der Waals surface area contributed by atoms with Crippen molar-refractivity contribution < 1.29 is 22.8 Å². The molecule has 2 rings (SSSR count). The van der Waals surface area contributed by atoms with Gasteiger partial charge in [-0.15, -0.1) is 0 Å². The molecule has 150 valence electrons. The molecule has 0 atom stereocenters. The van der Waals surface area contributed by atoms with Crippen molar-refractivity contribution in [3.63, 3.8) is 0 Å². The summed E-state index contributed by atoms with van der Waals surface area (Å²) in [5, 5.41) is 2.28. The second-order valence-electron chi connectivity index (χ2n) is 6.89. The zero-order valence-corrected chi connectivity index (χ0v) is 16.3. The molecule has 1 N–H and O–H groups in total. The normalized spacial score (nSPS) is 11.2. The minimum absolute atomic E-state index is 0.0779. The average Bonchev–Trinajstić information content (AvgIpc) is 2.61. The SMILES string of the molecule is Cc1ccc(C(=O)CCC(=O)Nc2ccc(N(C)C)cc2C(F)(F)F)cc1C. The summed E-state index contributed by atoms with van der Waals surface area (Å²) < 4.78 is 40.0. The number of rotatable bonds is 6. The molecule has 0 heterocycles. The Balaban J connectivity index is 2.08. The van der Waals surface area contributed by atoms with Crippen molar-refractivity contribution in [2.75, 3.05) is 24.3 Å². The van der Waals surface area contributed by atoms with Gasteiger partial charge in [0, 0.05) is 38.2 Å². The molecule has 7 heteroatoms. The van der Waals surface area contributed by atoms with Crippen molar-refractivity contribution in [2.45, 2.75) is 32.9 Å². The van der Waals surface area contributed by atoms with E-state index in [0.717, 1.165) is 17.2 Å². The van der Waals surface area contributed by atoms with Gasteiger partial charge in [-0.3, -0.25) is 9.59 Å². The average molecular weight is 392 g/mol. The third-order valence-electron chi connectivity index (χ3n) is 4.51. The Labute approximate surface area is 162 Å². The number of hydrogen-bond acceptors (Lipinski definition) is 3. The fraction of sp³-hybridized carbons (Fsp3) is 0.333. The lowest BCUT2D eigenvalue weighted by Gasteiger charge is -2.18. The van der Waals surface area contributed by atoms with Gasteiger partial charge in [-0.25, -0.2) is 0 Å².